The minimum Gasteiger partial charge on any atom is -0.502 e. The number of aromatic nitrogens is 2. The van der Waals surface area contributed by atoms with Gasteiger partial charge >= 0.3 is 0 Å². The maximum Gasteiger partial charge on any atom is 0.296 e. The van der Waals surface area contributed by atoms with Crippen molar-refractivity contribution in [3.05, 3.63) is 21.8 Å². The van der Waals surface area contributed by atoms with Gasteiger partial charge in [0.25, 0.3) is 5.56 Å². The molecule has 0 atom stereocenters. The predicted octanol–water partition coefficient (Wildman–Crippen LogP) is 0.139. The fourth-order valence-electron chi connectivity index (χ4n) is 0.512. The number of nitrogens with zero attached hydrogens (tertiary/aromatic N) is 2. The van der Waals surface area contributed by atoms with Crippen LogP contribution in [-0.4, -0.2) is 14.7 Å². The van der Waals surface area contributed by atoms with Crippen molar-refractivity contribution in [2.75, 3.05) is 0 Å². The third-order valence-corrected chi connectivity index (χ3v) is 1.45. The van der Waals surface area contributed by atoms with Crippen molar-refractivity contribution in [3.63, 3.8) is 0 Å². The van der Waals surface area contributed by atoms with Gasteiger partial charge in [-0.05, 0) is 11.6 Å². The van der Waals surface area contributed by atoms with E-state index in [0.717, 1.165) is 10.8 Å². The predicted molar refractivity (Wildman–Crippen MR) is 36.2 cm³/mol. The molecule has 1 rings (SSSR count). The summed E-state index contributed by atoms with van der Waals surface area (Å²) in [6.07, 6.45) is 1.02. The van der Waals surface area contributed by atoms with E-state index in [9.17, 15) is 4.79 Å². The van der Waals surface area contributed by atoms with Crippen LogP contribution in [0.25, 0.3) is 0 Å². The average molecular weight is 161 g/mol. The van der Waals surface area contributed by atoms with Gasteiger partial charge in [-0.3, -0.25) is 9.36 Å². The molecule has 10 heavy (non-hydrogen) atoms. The second-order valence-electron chi connectivity index (χ2n) is 1.78. The molecule has 1 aromatic heterocycles. The summed E-state index contributed by atoms with van der Waals surface area (Å²) in [6, 6.07) is 0. The van der Waals surface area contributed by atoms with Crippen LogP contribution in [0.5, 0.6) is 5.75 Å². The second kappa shape index (κ2) is 2.30. The molecule has 0 bridgehead atoms. The fourth-order valence-corrected chi connectivity index (χ4v) is 0.637. The molecule has 4 nitrogen and oxygen atoms in total. The lowest BCUT2D eigenvalue weighted by Crippen LogP contribution is -2.17. The van der Waals surface area contributed by atoms with Crippen molar-refractivity contribution >= 4 is 11.6 Å². The number of aromatic hydroxyl groups is 1. The SMILES string of the molecule is Cn1c(Cl)ncc(O)c1=O. The number of hydrogen-bond donors (Lipinski definition) is 1. The number of hydrogen-bond acceptors (Lipinski definition) is 3. The lowest BCUT2D eigenvalue weighted by atomic mass is 10.6. The normalized spacial score (nSPS) is 9.80. The minimum atomic E-state index is -0.542. The first-order chi connectivity index (χ1) is 4.63. The van der Waals surface area contributed by atoms with Crippen LogP contribution in [0.1, 0.15) is 0 Å². The smallest absolute Gasteiger partial charge is 0.296 e. The lowest BCUT2D eigenvalue weighted by molar-refractivity contribution is 0.457. The van der Waals surface area contributed by atoms with Gasteiger partial charge in [-0.25, -0.2) is 4.98 Å². The van der Waals surface area contributed by atoms with E-state index < -0.39 is 11.3 Å². The van der Waals surface area contributed by atoms with Gasteiger partial charge in [0.1, 0.15) is 0 Å². The fraction of sp³-hybridized carbons (Fsp3) is 0.200. The Morgan fingerprint density at radius 1 is 1.80 bits per heavy atom. The molecule has 0 amide bonds. The highest BCUT2D eigenvalue weighted by Gasteiger charge is 2.01. The van der Waals surface area contributed by atoms with Crippen LogP contribution >= 0.6 is 11.6 Å². The molecular formula is C5H5ClN2O2. The maximum atomic E-state index is 10.8. The number of rotatable bonds is 0. The molecule has 0 radical (unpaired) electrons. The highest BCUT2D eigenvalue weighted by Crippen LogP contribution is 2.02. The van der Waals surface area contributed by atoms with Crippen LogP contribution in [0.3, 0.4) is 0 Å². The van der Waals surface area contributed by atoms with Gasteiger partial charge in [0.05, 0.1) is 6.20 Å². The molecule has 0 aliphatic carbocycles. The van der Waals surface area contributed by atoms with Crippen LogP contribution in [0, 0.1) is 0 Å². The second-order valence-corrected chi connectivity index (χ2v) is 2.11. The molecule has 0 aliphatic heterocycles. The Hall–Kier alpha value is -1.03. The third kappa shape index (κ3) is 0.974. The minimum absolute atomic E-state index is 0.0581. The molecule has 1 heterocycles. The molecule has 0 unspecified atom stereocenters. The molecule has 0 spiro atoms. The Labute approximate surface area is 61.7 Å². The van der Waals surface area contributed by atoms with E-state index >= 15 is 0 Å². The summed E-state index contributed by atoms with van der Waals surface area (Å²) in [4.78, 5) is 14.3. The largest absolute Gasteiger partial charge is 0.502 e. The van der Waals surface area contributed by atoms with E-state index in [4.69, 9.17) is 16.7 Å². The van der Waals surface area contributed by atoms with Crippen LogP contribution in [0.2, 0.25) is 5.28 Å². The van der Waals surface area contributed by atoms with E-state index in [0.29, 0.717) is 0 Å². The molecule has 54 valence electrons. The van der Waals surface area contributed by atoms with Crippen LogP contribution in [0.4, 0.5) is 0 Å². The van der Waals surface area contributed by atoms with Crippen molar-refractivity contribution in [1.29, 1.82) is 0 Å². The van der Waals surface area contributed by atoms with Gasteiger partial charge in [0.15, 0.2) is 0 Å². The molecule has 5 heteroatoms. The summed E-state index contributed by atoms with van der Waals surface area (Å²) in [6.45, 7) is 0. The summed E-state index contributed by atoms with van der Waals surface area (Å²) >= 11 is 5.43. The monoisotopic (exact) mass is 160 g/mol. The molecular weight excluding hydrogens is 156 g/mol. The Morgan fingerprint density at radius 3 is 2.90 bits per heavy atom. The van der Waals surface area contributed by atoms with Crippen molar-refractivity contribution in [2.24, 2.45) is 7.05 Å². The quantitative estimate of drug-likeness (QED) is 0.550. The zero-order valence-electron chi connectivity index (χ0n) is 5.21. The van der Waals surface area contributed by atoms with Crippen molar-refractivity contribution in [3.8, 4) is 5.75 Å². The summed E-state index contributed by atoms with van der Waals surface area (Å²) in [5.74, 6) is -0.396. The summed E-state index contributed by atoms with van der Waals surface area (Å²) < 4.78 is 1.05. The number of halogens is 1. The topological polar surface area (TPSA) is 55.1 Å². The highest BCUT2D eigenvalue weighted by molar-refractivity contribution is 6.28. The first kappa shape index (κ1) is 7.08. The summed E-state index contributed by atoms with van der Waals surface area (Å²) in [7, 11) is 1.43. The molecule has 0 fully saturated rings. The zero-order chi connectivity index (χ0) is 7.72. The Morgan fingerprint density at radius 2 is 2.40 bits per heavy atom. The molecule has 0 saturated heterocycles. The van der Waals surface area contributed by atoms with Gasteiger partial charge in [-0.1, -0.05) is 0 Å². The van der Waals surface area contributed by atoms with Gasteiger partial charge in [0, 0.05) is 7.05 Å². The Kier molecular flexibility index (Phi) is 1.63. The average Bonchev–Trinajstić information content (AvgIpc) is 1.93. The van der Waals surface area contributed by atoms with E-state index in [1.807, 2.05) is 0 Å². The highest BCUT2D eigenvalue weighted by atomic mass is 35.5. The van der Waals surface area contributed by atoms with Crippen molar-refractivity contribution < 1.29 is 5.11 Å². The van der Waals surface area contributed by atoms with Crippen LogP contribution < -0.4 is 5.56 Å². The summed E-state index contributed by atoms with van der Waals surface area (Å²) in [5.41, 5.74) is -0.542. The van der Waals surface area contributed by atoms with Gasteiger partial charge in [-0.15, -0.1) is 0 Å². The third-order valence-electron chi connectivity index (χ3n) is 1.09. The van der Waals surface area contributed by atoms with E-state index in [2.05, 4.69) is 4.98 Å². The van der Waals surface area contributed by atoms with E-state index in [1.165, 1.54) is 7.05 Å². The van der Waals surface area contributed by atoms with Crippen molar-refractivity contribution in [2.45, 2.75) is 0 Å². The summed E-state index contributed by atoms with van der Waals surface area (Å²) in [5, 5.41) is 8.83. The first-order valence-corrected chi connectivity index (χ1v) is 2.91. The van der Waals surface area contributed by atoms with Crippen LogP contribution in [0.15, 0.2) is 11.0 Å². The Balaban J connectivity index is 3.50. The maximum absolute atomic E-state index is 10.8. The van der Waals surface area contributed by atoms with Gasteiger partial charge < -0.3 is 5.11 Å². The Bertz CT molecular complexity index is 307. The molecule has 0 saturated carbocycles. The van der Waals surface area contributed by atoms with E-state index in [1.54, 1.807) is 0 Å². The lowest BCUT2D eigenvalue weighted by Gasteiger charge is -1.97. The molecule has 0 aromatic carbocycles. The molecule has 1 N–H and O–H groups in total. The van der Waals surface area contributed by atoms with Gasteiger partial charge in [-0.2, -0.15) is 0 Å². The van der Waals surface area contributed by atoms with E-state index in [-0.39, 0.29) is 5.28 Å². The first-order valence-electron chi connectivity index (χ1n) is 2.53. The molecule has 1 aromatic rings. The standard InChI is InChI=1S/C5H5ClN2O2/c1-8-4(10)3(9)2-7-5(8)6/h2,9H,1H3. The van der Waals surface area contributed by atoms with Crippen LogP contribution in [-0.2, 0) is 7.05 Å². The zero-order valence-corrected chi connectivity index (χ0v) is 5.96. The van der Waals surface area contributed by atoms with Gasteiger partial charge in [0.2, 0.25) is 11.0 Å². The van der Waals surface area contributed by atoms with Crippen molar-refractivity contribution in [1.82, 2.24) is 9.55 Å². The molecule has 0 aliphatic rings.